The number of fused-ring (bicyclic) bond motifs is 1. The van der Waals surface area contributed by atoms with Crippen molar-refractivity contribution in [2.75, 3.05) is 13.2 Å². The van der Waals surface area contributed by atoms with Gasteiger partial charge in [0, 0.05) is 5.56 Å². The Morgan fingerprint density at radius 2 is 1.79 bits per heavy atom. The van der Waals surface area contributed by atoms with E-state index in [0.717, 1.165) is 37.3 Å². The molecule has 0 radical (unpaired) electrons. The van der Waals surface area contributed by atoms with Crippen LogP contribution in [0.4, 0.5) is 0 Å². The van der Waals surface area contributed by atoms with Crippen molar-refractivity contribution in [3.05, 3.63) is 85.2 Å². The van der Waals surface area contributed by atoms with Gasteiger partial charge < -0.3 is 9.47 Å². The van der Waals surface area contributed by atoms with Crippen LogP contribution < -0.4 is 15.0 Å². The Labute approximate surface area is 244 Å². The third-order valence-electron chi connectivity index (χ3n) is 6.21. The Morgan fingerprint density at radius 3 is 2.46 bits per heavy atom. The van der Waals surface area contributed by atoms with E-state index in [-0.39, 0.29) is 16.9 Å². The van der Waals surface area contributed by atoms with Gasteiger partial charge in [-0.05, 0) is 107 Å². The first-order valence-corrected chi connectivity index (χ1v) is 14.3. The highest BCUT2D eigenvalue weighted by Gasteiger charge is 2.19. The fourth-order valence-corrected chi connectivity index (χ4v) is 4.90. The van der Waals surface area contributed by atoms with Crippen LogP contribution in [0.15, 0.2) is 64.5 Å². The molecule has 0 unspecified atom stereocenters. The largest absolute Gasteiger partial charge is 0.494 e. The van der Waals surface area contributed by atoms with E-state index in [2.05, 4.69) is 68.4 Å². The molecule has 1 aromatic heterocycles. The van der Waals surface area contributed by atoms with Crippen LogP contribution in [0.1, 0.15) is 64.2 Å². The molecule has 0 spiro atoms. The highest BCUT2D eigenvalue weighted by atomic mass is 127. The van der Waals surface area contributed by atoms with Gasteiger partial charge in [-0.2, -0.15) is 9.78 Å². The number of aryl methyl sites for hydroxylation is 1. The Bertz CT molecular complexity index is 1580. The Hall–Kier alpha value is -3.20. The number of ether oxygens (including phenoxy) is 2. The molecule has 0 N–H and O–H groups in total. The molecule has 7 heteroatoms. The van der Waals surface area contributed by atoms with Gasteiger partial charge in [0.05, 0.1) is 33.9 Å². The molecule has 39 heavy (non-hydrogen) atoms. The first kappa shape index (κ1) is 28.8. The fraction of sp³-hybridized carbons (Fsp3) is 0.344. The normalized spacial score (nSPS) is 12.0. The first-order valence-electron chi connectivity index (χ1n) is 13.2. The minimum atomic E-state index is -0.217. The third kappa shape index (κ3) is 6.69. The average molecular weight is 638 g/mol. The van der Waals surface area contributed by atoms with Crippen molar-refractivity contribution in [3.8, 4) is 22.9 Å². The molecule has 3 aromatic carbocycles. The van der Waals surface area contributed by atoms with Crippen LogP contribution in [0, 0.1) is 15.9 Å². The van der Waals surface area contributed by atoms with E-state index in [1.165, 1.54) is 4.68 Å². The molecule has 4 aromatic rings. The summed E-state index contributed by atoms with van der Waals surface area (Å²) in [4.78, 5) is 18.6. The molecule has 0 amide bonds. The van der Waals surface area contributed by atoms with Crippen molar-refractivity contribution >= 4 is 39.7 Å². The maximum absolute atomic E-state index is 13.7. The molecule has 0 fully saturated rings. The van der Waals surface area contributed by atoms with Crippen molar-refractivity contribution in [2.24, 2.45) is 10.5 Å². The Kier molecular flexibility index (Phi) is 8.79. The number of hydrogen-bond acceptors (Lipinski definition) is 5. The summed E-state index contributed by atoms with van der Waals surface area (Å²) in [6.45, 7) is 15.9. The van der Waals surface area contributed by atoms with Crippen LogP contribution in [0.3, 0.4) is 0 Å². The van der Waals surface area contributed by atoms with Gasteiger partial charge in [0.2, 0.25) is 0 Å². The molecule has 1 heterocycles. The van der Waals surface area contributed by atoms with Crippen LogP contribution >= 0.6 is 22.6 Å². The van der Waals surface area contributed by atoms with Crippen LogP contribution in [-0.4, -0.2) is 29.1 Å². The molecule has 0 aliphatic carbocycles. The summed E-state index contributed by atoms with van der Waals surface area (Å²) in [7, 11) is 0. The van der Waals surface area contributed by atoms with Crippen molar-refractivity contribution in [3.63, 3.8) is 0 Å². The standard InChI is InChI=1S/C32H36IN3O3/c1-8-38-29-15-21(4)25(17-24(29)20(2)3)30-35-27-12-10-9-11-23(27)31(37)36(30)34-18-22-13-14-28(26(33)16-22)39-19-32(5,6)7/h9-18,20H,8,19H2,1-7H3. The lowest BCUT2D eigenvalue weighted by Crippen LogP contribution is -2.21. The molecule has 0 aliphatic heterocycles. The van der Waals surface area contributed by atoms with Gasteiger partial charge in [-0.1, -0.05) is 46.8 Å². The summed E-state index contributed by atoms with van der Waals surface area (Å²) in [6, 6.07) is 17.4. The smallest absolute Gasteiger partial charge is 0.282 e. The van der Waals surface area contributed by atoms with E-state index in [1.54, 1.807) is 12.3 Å². The molecule has 0 saturated heterocycles. The van der Waals surface area contributed by atoms with E-state index < -0.39 is 0 Å². The fourth-order valence-electron chi connectivity index (χ4n) is 4.21. The van der Waals surface area contributed by atoms with E-state index in [9.17, 15) is 4.79 Å². The van der Waals surface area contributed by atoms with Crippen molar-refractivity contribution in [1.82, 2.24) is 9.66 Å². The van der Waals surface area contributed by atoms with Gasteiger partial charge in [-0.15, -0.1) is 0 Å². The molecular formula is C32H36IN3O3. The highest BCUT2D eigenvalue weighted by Crippen LogP contribution is 2.34. The lowest BCUT2D eigenvalue weighted by molar-refractivity contribution is 0.196. The minimum absolute atomic E-state index is 0.0678. The van der Waals surface area contributed by atoms with Crippen LogP contribution in [0.5, 0.6) is 11.5 Å². The molecular weight excluding hydrogens is 601 g/mol. The van der Waals surface area contributed by atoms with Gasteiger partial charge in [0.15, 0.2) is 5.82 Å². The third-order valence-corrected chi connectivity index (χ3v) is 7.06. The van der Waals surface area contributed by atoms with E-state index in [1.807, 2.05) is 56.3 Å². The second kappa shape index (κ2) is 11.9. The summed E-state index contributed by atoms with van der Waals surface area (Å²) >= 11 is 2.27. The Balaban J connectivity index is 1.83. The summed E-state index contributed by atoms with van der Waals surface area (Å²) in [6.07, 6.45) is 1.70. The molecule has 0 atom stereocenters. The predicted molar refractivity (Wildman–Crippen MR) is 169 cm³/mol. The van der Waals surface area contributed by atoms with Crippen molar-refractivity contribution in [2.45, 2.75) is 54.4 Å². The number of benzene rings is 3. The average Bonchev–Trinajstić information content (AvgIpc) is 2.87. The van der Waals surface area contributed by atoms with Gasteiger partial charge >= 0.3 is 0 Å². The lowest BCUT2D eigenvalue weighted by Gasteiger charge is -2.19. The van der Waals surface area contributed by atoms with Crippen LogP contribution in [0.2, 0.25) is 0 Å². The zero-order chi connectivity index (χ0) is 28.3. The Morgan fingerprint density at radius 1 is 1.05 bits per heavy atom. The number of halogens is 1. The van der Waals surface area contributed by atoms with Crippen molar-refractivity contribution in [1.29, 1.82) is 0 Å². The summed E-state index contributed by atoms with van der Waals surface area (Å²) in [5.74, 6) is 2.42. The molecule has 0 bridgehead atoms. The first-order chi connectivity index (χ1) is 18.5. The molecule has 0 saturated carbocycles. The molecule has 4 rings (SSSR count). The molecule has 204 valence electrons. The number of nitrogens with zero attached hydrogens (tertiary/aromatic N) is 3. The van der Waals surface area contributed by atoms with Gasteiger partial charge in [-0.3, -0.25) is 4.79 Å². The maximum atomic E-state index is 13.7. The zero-order valence-corrected chi connectivity index (χ0v) is 25.9. The van der Waals surface area contributed by atoms with E-state index >= 15 is 0 Å². The molecule has 0 aliphatic rings. The second-order valence-electron chi connectivity index (χ2n) is 11.1. The maximum Gasteiger partial charge on any atom is 0.282 e. The van der Waals surface area contributed by atoms with Gasteiger partial charge in [0.25, 0.3) is 5.56 Å². The number of aromatic nitrogens is 2. The SMILES string of the molecule is CCOc1cc(C)c(-c2nc3ccccc3c(=O)n2N=Cc2ccc(OCC(C)(C)C)c(I)c2)cc1C(C)C. The number of rotatable bonds is 8. The second-order valence-corrected chi connectivity index (χ2v) is 12.3. The van der Waals surface area contributed by atoms with E-state index in [0.29, 0.717) is 29.9 Å². The lowest BCUT2D eigenvalue weighted by atomic mass is 9.96. The van der Waals surface area contributed by atoms with Crippen molar-refractivity contribution < 1.29 is 9.47 Å². The highest BCUT2D eigenvalue weighted by molar-refractivity contribution is 14.1. The number of para-hydroxylation sites is 1. The summed E-state index contributed by atoms with van der Waals surface area (Å²) < 4.78 is 14.3. The predicted octanol–water partition coefficient (Wildman–Crippen LogP) is 7.81. The topological polar surface area (TPSA) is 65.7 Å². The van der Waals surface area contributed by atoms with Gasteiger partial charge in [0.1, 0.15) is 11.5 Å². The van der Waals surface area contributed by atoms with E-state index in [4.69, 9.17) is 14.5 Å². The summed E-state index contributed by atoms with van der Waals surface area (Å²) in [5, 5.41) is 5.19. The minimum Gasteiger partial charge on any atom is -0.494 e. The monoisotopic (exact) mass is 637 g/mol. The van der Waals surface area contributed by atoms with Gasteiger partial charge in [-0.25, -0.2) is 4.98 Å². The quantitative estimate of drug-likeness (QED) is 0.146. The number of hydrogen-bond donors (Lipinski definition) is 0. The van der Waals surface area contributed by atoms with Crippen LogP contribution in [0.25, 0.3) is 22.3 Å². The summed E-state index contributed by atoms with van der Waals surface area (Å²) in [5.41, 5.74) is 4.23. The zero-order valence-electron chi connectivity index (χ0n) is 23.7. The molecule has 6 nitrogen and oxygen atoms in total. The van der Waals surface area contributed by atoms with Crippen LogP contribution in [-0.2, 0) is 0 Å².